The quantitative estimate of drug-likeness (QED) is 0.206. The van der Waals surface area contributed by atoms with Crippen molar-refractivity contribution in [1.29, 1.82) is 0 Å². The van der Waals surface area contributed by atoms with Crippen LogP contribution < -0.4 is 14.4 Å². The summed E-state index contributed by atoms with van der Waals surface area (Å²) in [6.45, 7) is 7.21. The van der Waals surface area contributed by atoms with Gasteiger partial charge in [0.05, 0.1) is 17.7 Å². The molecule has 0 aromatic heterocycles. The molecule has 45 heavy (non-hydrogen) atoms. The highest BCUT2D eigenvalue weighted by atomic mass is 32.2. The highest BCUT2D eigenvalue weighted by Crippen LogP contribution is 2.27. The van der Waals surface area contributed by atoms with Crippen molar-refractivity contribution in [2.24, 2.45) is 0 Å². The summed E-state index contributed by atoms with van der Waals surface area (Å²) in [5.41, 5.74) is 4.01. The third kappa shape index (κ3) is 8.73. The summed E-state index contributed by atoms with van der Waals surface area (Å²) < 4.78 is 34.6. The van der Waals surface area contributed by atoms with Gasteiger partial charge in [-0.3, -0.25) is 13.9 Å². The molecular formula is C36H41N3O5S. The molecule has 0 radical (unpaired) electrons. The van der Waals surface area contributed by atoms with Gasteiger partial charge in [0.2, 0.25) is 11.8 Å². The monoisotopic (exact) mass is 627 g/mol. The number of carbonyl (C=O) groups is 2. The Labute approximate surface area is 266 Å². The number of ether oxygens (including phenoxy) is 1. The SMILES string of the molecule is COc1ccc(S(=O)(=O)N(CC(=O)N(Cc2cccc(C)c2)C(Cc2ccccc2)C(=O)NC(C)C)c2ccc(C)cc2)cc1. The van der Waals surface area contributed by atoms with Gasteiger partial charge in [0, 0.05) is 19.0 Å². The van der Waals surface area contributed by atoms with Crippen LogP contribution in [0.4, 0.5) is 5.69 Å². The minimum Gasteiger partial charge on any atom is -0.497 e. The lowest BCUT2D eigenvalue weighted by Crippen LogP contribution is -2.54. The lowest BCUT2D eigenvalue weighted by molar-refractivity contribution is -0.140. The molecule has 1 unspecified atom stereocenters. The zero-order chi connectivity index (χ0) is 32.6. The fraction of sp³-hybridized carbons (Fsp3) is 0.278. The molecule has 0 aliphatic carbocycles. The molecule has 9 heteroatoms. The van der Waals surface area contributed by atoms with Gasteiger partial charge in [-0.05, 0) is 75.2 Å². The molecule has 0 fully saturated rings. The van der Waals surface area contributed by atoms with Crippen molar-refractivity contribution in [1.82, 2.24) is 10.2 Å². The summed E-state index contributed by atoms with van der Waals surface area (Å²) in [4.78, 5) is 29.8. The maximum Gasteiger partial charge on any atom is 0.264 e. The lowest BCUT2D eigenvalue weighted by Gasteiger charge is -2.34. The first-order valence-electron chi connectivity index (χ1n) is 14.9. The van der Waals surface area contributed by atoms with Crippen molar-refractivity contribution in [3.63, 3.8) is 0 Å². The molecule has 4 rings (SSSR count). The van der Waals surface area contributed by atoms with Gasteiger partial charge in [-0.2, -0.15) is 0 Å². The average Bonchev–Trinajstić information content (AvgIpc) is 3.02. The summed E-state index contributed by atoms with van der Waals surface area (Å²) in [6, 6.07) is 29.2. The maximum atomic E-state index is 14.5. The van der Waals surface area contributed by atoms with Crippen molar-refractivity contribution in [2.45, 2.75) is 57.6 Å². The predicted octanol–water partition coefficient (Wildman–Crippen LogP) is 5.67. The third-order valence-electron chi connectivity index (χ3n) is 7.39. The predicted molar refractivity (Wildman–Crippen MR) is 178 cm³/mol. The molecule has 0 saturated carbocycles. The first kappa shape index (κ1) is 33.3. The van der Waals surface area contributed by atoms with E-state index in [2.05, 4.69) is 5.32 Å². The van der Waals surface area contributed by atoms with Crippen LogP contribution in [0.1, 0.15) is 36.1 Å². The van der Waals surface area contributed by atoms with Crippen molar-refractivity contribution in [3.8, 4) is 5.75 Å². The van der Waals surface area contributed by atoms with Gasteiger partial charge in [-0.1, -0.05) is 77.9 Å². The summed E-state index contributed by atoms with van der Waals surface area (Å²) in [5, 5.41) is 2.98. The molecule has 1 atom stereocenters. The molecule has 0 heterocycles. The highest BCUT2D eigenvalue weighted by Gasteiger charge is 2.34. The van der Waals surface area contributed by atoms with E-state index in [1.165, 1.54) is 24.1 Å². The van der Waals surface area contributed by atoms with Crippen LogP contribution >= 0.6 is 0 Å². The third-order valence-corrected chi connectivity index (χ3v) is 9.17. The van der Waals surface area contributed by atoms with Gasteiger partial charge in [-0.15, -0.1) is 0 Å². The van der Waals surface area contributed by atoms with E-state index < -0.39 is 28.5 Å². The van der Waals surface area contributed by atoms with E-state index in [1.807, 2.05) is 82.3 Å². The first-order valence-corrected chi connectivity index (χ1v) is 16.3. The Hall–Kier alpha value is -4.63. The second-order valence-electron chi connectivity index (χ2n) is 11.4. The van der Waals surface area contributed by atoms with E-state index in [0.29, 0.717) is 11.4 Å². The zero-order valence-corrected chi connectivity index (χ0v) is 27.3. The van der Waals surface area contributed by atoms with Gasteiger partial charge in [0.15, 0.2) is 0 Å². The number of nitrogens with one attached hydrogen (secondary N) is 1. The van der Waals surface area contributed by atoms with Gasteiger partial charge in [-0.25, -0.2) is 8.42 Å². The largest absolute Gasteiger partial charge is 0.497 e. The molecule has 4 aromatic carbocycles. The van der Waals surface area contributed by atoms with Gasteiger partial charge >= 0.3 is 0 Å². The van der Waals surface area contributed by atoms with Crippen LogP contribution in [0.25, 0.3) is 0 Å². The van der Waals surface area contributed by atoms with Crippen LogP contribution in [-0.4, -0.2) is 50.9 Å². The Balaban J connectivity index is 1.80. The van der Waals surface area contributed by atoms with Crippen LogP contribution in [0, 0.1) is 13.8 Å². The normalized spacial score (nSPS) is 12.0. The van der Waals surface area contributed by atoms with Gasteiger partial charge in [0.1, 0.15) is 18.3 Å². The second kappa shape index (κ2) is 14.9. The van der Waals surface area contributed by atoms with Crippen LogP contribution in [0.15, 0.2) is 108 Å². The number of anilines is 1. The van der Waals surface area contributed by atoms with Crippen molar-refractivity contribution in [2.75, 3.05) is 18.0 Å². The molecule has 2 amide bonds. The Morgan fingerprint density at radius 3 is 2.04 bits per heavy atom. The van der Waals surface area contributed by atoms with Crippen LogP contribution in [0.3, 0.4) is 0 Å². The summed E-state index contributed by atoms with van der Waals surface area (Å²) in [6.07, 6.45) is 0.257. The second-order valence-corrected chi connectivity index (χ2v) is 13.3. The number of rotatable bonds is 13. The van der Waals surface area contributed by atoms with E-state index in [0.717, 1.165) is 26.6 Å². The molecule has 8 nitrogen and oxygen atoms in total. The highest BCUT2D eigenvalue weighted by molar-refractivity contribution is 7.92. The van der Waals surface area contributed by atoms with Crippen molar-refractivity contribution < 1.29 is 22.7 Å². The smallest absolute Gasteiger partial charge is 0.264 e. The number of carbonyl (C=O) groups excluding carboxylic acids is 2. The lowest BCUT2D eigenvalue weighted by atomic mass is 10.0. The van der Waals surface area contributed by atoms with Crippen molar-refractivity contribution in [3.05, 3.63) is 125 Å². The number of amides is 2. The van der Waals surface area contributed by atoms with E-state index in [1.54, 1.807) is 36.4 Å². The number of benzene rings is 4. The van der Waals surface area contributed by atoms with E-state index in [-0.39, 0.29) is 29.8 Å². The van der Waals surface area contributed by atoms with Crippen LogP contribution in [0.5, 0.6) is 5.75 Å². The number of aryl methyl sites for hydroxylation is 2. The summed E-state index contributed by atoms with van der Waals surface area (Å²) >= 11 is 0. The molecule has 4 aromatic rings. The molecule has 1 N–H and O–H groups in total. The zero-order valence-electron chi connectivity index (χ0n) is 26.4. The topological polar surface area (TPSA) is 96.0 Å². The molecule has 0 spiro atoms. The number of sulfonamides is 1. The number of methoxy groups -OCH3 is 1. The number of hydrogen-bond donors (Lipinski definition) is 1. The number of hydrogen-bond acceptors (Lipinski definition) is 5. The van der Waals surface area contributed by atoms with Crippen LogP contribution in [0.2, 0.25) is 0 Å². The van der Waals surface area contributed by atoms with Crippen LogP contribution in [-0.2, 0) is 32.6 Å². The molecule has 0 aliphatic heterocycles. The number of nitrogens with zero attached hydrogens (tertiary/aromatic N) is 2. The van der Waals surface area contributed by atoms with Crippen molar-refractivity contribution >= 4 is 27.5 Å². The minimum absolute atomic E-state index is 0.0142. The summed E-state index contributed by atoms with van der Waals surface area (Å²) in [5.74, 6) is -0.306. The molecule has 236 valence electrons. The average molecular weight is 628 g/mol. The summed E-state index contributed by atoms with van der Waals surface area (Å²) in [7, 11) is -2.69. The Morgan fingerprint density at radius 2 is 1.44 bits per heavy atom. The Morgan fingerprint density at radius 1 is 0.800 bits per heavy atom. The molecule has 0 aliphatic rings. The van der Waals surface area contributed by atoms with Gasteiger partial charge < -0.3 is 15.0 Å². The minimum atomic E-state index is -4.19. The fourth-order valence-corrected chi connectivity index (χ4v) is 6.47. The molecule has 0 bridgehead atoms. The van der Waals surface area contributed by atoms with Gasteiger partial charge in [0.25, 0.3) is 10.0 Å². The van der Waals surface area contributed by atoms with E-state index >= 15 is 0 Å². The Kier molecular flexibility index (Phi) is 11.0. The van der Waals surface area contributed by atoms with E-state index in [4.69, 9.17) is 4.74 Å². The first-order chi connectivity index (χ1) is 21.5. The van der Waals surface area contributed by atoms with E-state index in [9.17, 15) is 18.0 Å². The molecule has 0 saturated heterocycles. The standard InChI is InChI=1S/C36H41N3O5S/c1-26(2)37-36(41)34(23-29-11-7-6-8-12-29)38(24-30-13-9-10-28(4)22-30)35(40)25-39(31-16-14-27(3)15-17-31)45(42,43)33-20-18-32(44-5)19-21-33/h6-22,26,34H,23-25H2,1-5H3,(H,37,41). The Bertz CT molecular complexity index is 1690. The maximum absolute atomic E-state index is 14.5. The fourth-order valence-electron chi connectivity index (χ4n) is 5.06. The molecular weight excluding hydrogens is 586 g/mol.